The fourth-order valence-electron chi connectivity index (χ4n) is 4.65. The number of alkyl halides is 3. The summed E-state index contributed by atoms with van der Waals surface area (Å²) in [6.07, 6.45) is -1.11. The molecule has 5 rings (SSSR count). The van der Waals surface area contributed by atoms with Crippen LogP contribution < -0.4 is 5.56 Å². The van der Waals surface area contributed by atoms with Crippen molar-refractivity contribution in [3.63, 3.8) is 0 Å². The molecule has 1 aliphatic carbocycles. The van der Waals surface area contributed by atoms with Crippen LogP contribution in [-0.4, -0.2) is 38.0 Å². The summed E-state index contributed by atoms with van der Waals surface area (Å²) in [5.74, 6) is 0.161. The molecule has 1 N–H and O–H groups in total. The minimum Gasteiger partial charge on any atom is -0.420 e. The number of benzene rings is 1. The number of ether oxygens (including phenoxy) is 1. The number of aryl methyl sites for hydroxylation is 1. The highest BCUT2D eigenvalue weighted by Crippen LogP contribution is 2.39. The molecule has 4 aromatic rings. The number of methoxy groups -OCH3 is 1. The number of halogens is 3. The first-order valence-corrected chi connectivity index (χ1v) is 10.9. The number of hydrogen-bond donors (Lipinski definition) is 1. The van der Waals surface area contributed by atoms with Crippen molar-refractivity contribution in [1.29, 1.82) is 0 Å². The lowest BCUT2D eigenvalue weighted by Crippen LogP contribution is -2.25. The van der Waals surface area contributed by atoms with Gasteiger partial charge >= 0.3 is 6.18 Å². The molecule has 2 atom stereocenters. The molecular formula is C23H22F3N5O3. The van der Waals surface area contributed by atoms with E-state index in [4.69, 9.17) is 9.15 Å². The molecule has 3 aromatic heterocycles. The first kappa shape index (κ1) is 22.3. The van der Waals surface area contributed by atoms with Crippen LogP contribution in [0, 0.1) is 6.92 Å². The van der Waals surface area contributed by atoms with Crippen LogP contribution in [0.25, 0.3) is 28.2 Å². The molecule has 8 nitrogen and oxygen atoms in total. The Morgan fingerprint density at radius 1 is 1.12 bits per heavy atom. The van der Waals surface area contributed by atoms with E-state index < -0.39 is 17.4 Å². The maximum Gasteiger partial charge on any atom is 0.433 e. The van der Waals surface area contributed by atoms with Gasteiger partial charge in [-0.25, -0.2) is 4.98 Å². The van der Waals surface area contributed by atoms with Crippen molar-refractivity contribution in [1.82, 2.24) is 24.8 Å². The van der Waals surface area contributed by atoms with E-state index in [-0.39, 0.29) is 45.9 Å². The standard InChI is InChI=1S/C23H22F3N5O3/c1-12-16(21-29-28-20(34-21)14-10-6-7-11-15(14)33-2)22(32)31-19(27-12)17(13-8-4-3-5-9-13)18(30-31)23(24,25)26/h3-5,8-9,14-15,30H,6-7,10-11H2,1-2H3. The van der Waals surface area contributed by atoms with Gasteiger partial charge in [0, 0.05) is 7.11 Å². The molecule has 11 heteroatoms. The largest absolute Gasteiger partial charge is 0.433 e. The Morgan fingerprint density at radius 2 is 1.85 bits per heavy atom. The van der Waals surface area contributed by atoms with E-state index in [0.29, 0.717) is 5.89 Å². The summed E-state index contributed by atoms with van der Waals surface area (Å²) in [6, 6.07) is 8.01. The molecule has 0 spiro atoms. The Kier molecular flexibility index (Phi) is 5.51. The maximum atomic E-state index is 13.9. The molecule has 1 aromatic carbocycles. The zero-order valence-corrected chi connectivity index (χ0v) is 18.5. The second-order valence-electron chi connectivity index (χ2n) is 8.37. The van der Waals surface area contributed by atoms with Gasteiger partial charge in [0.25, 0.3) is 11.4 Å². The Labute approximate surface area is 191 Å². The first-order valence-electron chi connectivity index (χ1n) is 10.9. The average molecular weight is 473 g/mol. The summed E-state index contributed by atoms with van der Waals surface area (Å²) in [5.41, 5.74) is -1.70. The van der Waals surface area contributed by atoms with E-state index in [0.717, 1.165) is 30.2 Å². The fourth-order valence-corrected chi connectivity index (χ4v) is 4.65. The third-order valence-electron chi connectivity index (χ3n) is 6.28. The van der Waals surface area contributed by atoms with Gasteiger partial charge in [-0.15, -0.1) is 10.2 Å². The number of aromatic nitrogens is 5. The van der Waals surface area contributed by atoms with E-state index >= 15 is 0 Å². The SMILES string of the molecule is COC1CCCCC1c1nnc(-c2c(C)nc3c(-c4ccccc4)c(C(F)(F)F)[nH]n3c2=O)o1. The van der Waals surface area contributed by atoms with Crippen LogP contribution in [0.5, 0.6) is 0 Å². The summed E-state index contributed by atoms with van der Waals surface area (Å²) < 4.78 is 53.8. The summed E-state index contributed by atoms with van der Waals surface area (Å²) in [4.78, 5) is 17.7. The van der Waals surface area contributed by atoms with Crippen LogP contribution in [0.2, 0.25) is 0 Å². The Hall–Kier alpha value is -3.47. The van der Waals surface area contributed by atoms with Crippen molar-refractivity contribution in [2.24, 2.45) is 0 Å². The topological polar surface area (TPSA) is 98.3 Å². The predicted molar refractivity (Wildman–Crippen MR) is 116 cm³/mol. The second kappa shape index (κ2) is 8.39. The Balaban J connectivity index is 1.67. The van der Waals surface area contributed by atoms with Crippen molar-refractivity contribution >= 4 is 5.65 Å². The van der Waals surface area contributed by atoms with Crippen molar-refractivity contribution in [3.05, 3.63) is 58.0 Å². The summed E-state index contributed by atoms with van der Waals surface area (Å²) >= 11 is 0. The van der Waals surface area contributed by atoms with E-state index in [1.807, 2.05) is 0 Å². The molecule has 0 bridgehead atoms. The molecular weight excluding hydrogens is 451 g/mol. The monoisotopic (exact) mass is 473 g/mol. The molecule has 34 heavy (non-hydrogen) atoms. The fraction of sp³-hybridized carbons (Fsp3) is 0.391. The number of hydrogen-bond acceptors (Lipinski definition) is 6. The van der Waals surface area contributed by atoms with Gasteiger partial charge in [0.05, 0.1) is 23.3 Å². The number of nitrogens with one attached hydrogen (secondary N) is 1. The molecule has 0 amide bonds. The first-order chi connectivity index (χ1) is 16.3. The number of nitrogens with zero attached hydrogens (tertiary/aromatic N) is 4. The van der Waals surface area contributed by atoms with Crippen LogP contribution in [0.4, 0.5) is 13.2 Å². The van der Waals surface area contributed by atoms with E-state index in [2.05, 4.69) is 20.3 Å². The van der Waals surface area contributed by atoms with Gasteiger partial charge in [-0.3, -0.25) is 9.89 Å². The van der Waals surface area contributed by atoms with Gasteiger partial charge in [-0.1, -0.05) is 43.2 Å². The van der Waals surface area contributed by atoms with Crippen molar-refractivity contribution in [3.8, 4) is 22.6 Å². The normalized spacial score (nSPS) is 19.1. The van der Waals surface area contributed by atoms with Crippen LogP contribution in [0.1, 0.15) is 48.9 Å². The molecule has 1 saturated carbocycles. The molecule has 0 radical (unpaired) electrons. The minimum absolute atomic E-state index is 0.0457. The van der Waals surface area contributed by atoms with Gasteiger partial charge in [-0.2, -0.15) is 17.7 Å². The van der Waals surface area contributed by atoms with E-state index in [9.17, 15) is 18.0 Å². The molecule has 0 aliphatic heterocycles. The van der Waals surface area contributed by atoms with Crippen LogP contribution in [-0.2, 0) is 10.9 Å². The highest BCUT2D eigenvalue weighted by Gasteiger charge is 2.39. The zero-order valence-electron chi connectivity index (χ0n) is 18.5. The molecule has 178 valence electrons. The Morgan fingerprint density at radius 3 is 2.56 bits per heavy atom. The number of rotatable bonds is 4. The van der Waals surface area contributed by atoms with Gasteiger partial charge in [0.2, 0.25) is 5.89 Å². The lowest BCUT2D eigenvalue weighted by atomic mass is 9.86. The van der Waals surface area contributed by atoms with Crippen molar-refractivity contribution in [2.45, 2.75) is 50.8 Å². The lowest BCUT2D eigenvalue weighted by molar-refractivity contribution is -0.140. The molecule has 0 saturated heterocycles. The zero-order chi connectivity index (χ0) is 24.0. The molecule has 2 unspecified atom stereocenters. The quantitative estimate of drug-likeness (QED) is 0.460. The Bertz CT molecular complexity index is 1390. The van der Waals surface area contributed by atoms with Gasteiger partial charge in [-0.05, 0) is 25.3 Å². The second-order valence-corrected chi connectivity index (χ2v) is 8.37. The number of fused-ring (bicyclic) bond motifs is 1. The third kappa shape index (κ3) is 3.69. The van der Waals surface area contributed by atoms with E-state index in [1.165, 1.54) is 19.1 Å². The van der Waals surface area contributed by atoms with Gasteiger partial charge in [0.15, 0.2) is 5.65 Å². The van der Waals surface area contributed by atoms with Crippen LogP contribution >= 0.6 is 0 Å². The molecule has 1 aliphatic rings. The minimum atomic E-state index is -4.73. The van der Waals surface area contributed by atoms with Gasteiger partial charge in [0.1, 0.15) is 11.3 Å². The molecule has 3 heterocycles. The third-order valence-corrected chi connectivity index (χ3v) is 6.28. The van der Waals surface area contributed by atoms with Crippen molar-refractivity contribution in [2.75, 3.05) is 7.11 Å². The van der Waals surface area contributed by atoms with Gasteiger partial charge < -0.3 is 9.15 Å². The highest BCUT2D eigenvalue weighted by molar-refractivity contribution is 5.81. The number of H-pyrrole nitrogens is 1. The summed E-state index contributed by atoms with van der Waals surface area (Å²) in [5, 5.41) is 10.4. The summed E-state index contributed by atoms with van der Waals surface area (Å²) in [7, 11) is 1.63. The predicted octanol–water partition coefficient (Wildman–Crippen LogP) is 4.74. The molecule has 1 fully saturated rings. The average Bonchev–Trinajstić information content (AvgIpc) is 3.45. The van der Waals surface area contributed by atoms with Crippen molar-refractivity contribution < 1.29 is 22.3 Å². The summed E-state index contributed by atoms with van der Waals surface area (Å²) in [6.45, 7) is 1.54. The van der Waals surface area contributed by atoms with Crippen LogP contribution in [0.3, 0.4) is 0 Å². The lowest BCUT2D eigenvalue weighted by Gasteiger charge is -2.27. The highest BCUT2D eigenvalue weighted by atomic mass is 19.4. The van der Waals surface area contributed by atoms with Crippen LogP contribution in [0.15, 0.2) is 39.5 Å². The maximum absolute atomic E-state index is 13.9. The van der Waals surface area contributed by atoms with E-state index in [1.54, 1.807) is 25.3 Å². The number of aromatic amines is 1. The smallest absolute Gasteiger partial charge is 0.420 e.